The normalized spacial score (nSPS) is 11.8. The lowest BCUT2D eigenvalue weighted by molar-refractivity contribution is 0.400. The summed E-state index contributed by atoms with van der Waals surface area (Å²) < 4.78 is 64.0. The summed E-state index contributed by atoms with van der Waals surface area (Å²) in [6, 6.07) is 12.6. The van der Waals surface area contributed by atoms with E-state index in [-0.39, 0.29) is 21.3 Å². The van der Waals surface area contributed by atoms with Crippen molar-refractivity contribution in [1.82, 2.24) is 5.16 Å². The summed E-state index contributed by atoms with van der Waals surface area (Å²) in [5.41, 5.74) is 0.215. The highest BCUT2D eigenvalue weighted by molar-refractivity contribution is 7.93. The summed E-state index contributed by atoms with van der Waals surface area (Å²) in [5, 5.41) is 3.57. The van der Waals surface area contributed by atoms with Gasteiger partial charge in [0.05, 0.1) is 16.9 Å². The van der Waals surface area contributed by atoms with Crippen LogP contribution in [0.15, 0.2) is 68.9 Å². The zero-order chi connectivity index (χ0) is 20.4. The molecule has 0 amide bonds. The summed E-state index contributed by atoms with van der Waals surface area (Å²) in [6.45, 7) is 1.63. The molecule has 0 aliphatic carbocycles. The number of aromatic nitrogens is 1. The number of hydrogen-bond acceptors (Lipinski definition) is 7. The Morgan fingerprint density at radius 3 is 1.89 bits per heavy atom. The van der Waals surface area contributed by atoms with Crippen LogP contribution in [0.5, 0.6) is 5.75 Å². The fourth-order valence-corrected chi connectivity index (χ4v) is 4.32. The molecule has 1 heterocycles. The molecule has 2 N–H and O–H groups in total. The lowest BCUT2D eigenvalue weighted by atomic mass is 10.3. The van der Waals surface area contributed by atoms with E-state index in [0.717, 1.165) is 0 Å². The molecule has 11 heteroatoms. The number of anilines is 2. The monoisotopic (exact) mass is 423 g/mol. The Kier molecular flexibility index (Phi) is 5.29. The van der Waals surface area contributed by atoms with Gasteiger partial charge in [-0.2, -0.15) is 0 Å². The second-order valence-electron chi connectivity index (χ2n) is 5.73. The van der Waals surface area contributed by atoms with E-state index in [1.165, 1.54) is 61.7 Å². The summed E-state index contributed by atoms with van der Waals surface area (Å²) in [6.07, 6.45) is 0. The first kappa shape index (κ1) is 19.7. The van der Waals surface area contributed by atoms with Crippen molar-refractivity contribution in [2.75, 3.05) is 16.6 Å². The number of hydrogen-bond donors (Lipinski definition) is 2. The summed E-state index contributed by atoms with van der Waals surface area (Å²) in [7, 11) is -6.23. The average Bonchev–Trinajstić information content (AvgIpc) is 3.06. The van der Waals surface area contributed by atoms with Gasteiger partial charge in [-0.15, -0.1) is 0 Å². The molecule has 0 fully saturated rings. The first-order valence-electron chi connectivity index (χ1n) is 7.93. The molecule has 28 heavy (non-hydrogen) atoms. The maximum absolute atomic E-state index is 12.4. The van der Waals surface area contributed by atoms with Crippen LogP contribution in [0.2, 0.25) is 0 Å². The number of rotatable bonds is 7. The maximum Gasteiger partial charge on any atom is 0.263 e. The van der Waals surface area contributed by atoms with Crippen LogP contribution in [0, 0.1) is 6.92 Å². The summed E-state index contributed by atoms with van der Waals surface area (Å²) >= 11 is 0. The first-order chi connectivity index (χ1) is 13.2. The molecule has 1 aromatic heterocycles. The van der Waals surface area contributed by atoms with Crippen LogP contribution in [0.25, 0.3) is 0 Å². The maximum atomic E-state index is 12.4. The highest BCUT2D eigenvalue weighted by atomic mass is 32.2. The van der Waals surface area contributed by atoms with Crippen molar-refractivity contribution >= 4 is 31.6 Å². The van der Waals surface area contributed by atoms with Crippen molar-refractivity contribution in [1.29, 1.82) is 0 Å². The van der Waals surface area contributed by atoms with Crippen molar-refractivity contribution in [3.8, 4) is 5.75 Å². The Labute approximate surface area is 162 Å². The van der Waals surface area contributed by atoms with Gasteiger partial charge in [0.2, 0.25) is 0 Å². The Morgan fingerprint density at radius 2 is 1.39 bits per heavy atom. The first-order valence-corrected chi connectivity index (χ1v) is 10.9. The third-order valence-electron chi connectivity index (χ3n) is 3.65. The van der Waals surface area contributed by atoms with Gasteiger partial charge < -0.3 is 9.26 Å². The van der Waals surface area contributed by atoms with E-state index in [1.807, 2.05) is 0 Å². The van der Waals surface area contributed by atoms with Gasteiger partial charge in [-0.1, -0.05) is 5.16 Å². The lowest BCUT2D eigenvalue weighted by Gasteiger charge is -2.10. The van der Waals surface area contributed by atoms with E-state index >= 15 is 0 Å². The quantitative estimate of drug-likeness (QED) is 0.598. The highest BCUT2D eigenvalue weighted by Gasteiger charge is 2.18. The van der Waals surface area contributed by atoms with Crippen LogP contribution < -0.4 is 14.2 Å². The van der Waals surface area contributed by atoms with Crippen molar-refractivity contribution in [2.45, 2.75) is 16.7 Å². The molecule has 0 saturated heterocycles. The van der Waals surface area contributed by atoms with Crippen LogP contribution >= 0.6 is 0 Å². The van der Waals surface area contributed by atoms with Gasteiger partial charge in [0.15, 0.2) is 5.82 Å². The van der Waals surface area contributed by atoms with Crippen molar-refractivity contribution in [3.05, 3.63) is 60.4 Å². The van der Waals surface area contributed by atoms with Gasteiger partial charge in [-0.3, -0.25) is 9.44 Å². The second kappa shape index (κ2) is 7.52. The minimum atomic E-state index is -3.88. The van der Waals surface area contributed by atoms with Crippen molar-refractivity contribution < 1.29 is 26.1 Å². The summed E-state index contributed by atoms with van der Waals surface area (Å²) in [5.74, 6) is 1.05. The smallest absolute Gasteiger partial charge is 0.263 e. The molecule has 0 aliphatic heterocycles. The van der Waals surface area contributed by atoms with Gasteiger partial charge in [0, 0.05) is 11.8 Å². The predicted molar refractivity (Wildman–Crippen MR) is 102 cm³/mol. The summed E-state index contributed by atoms with van der Waals surface area (Å²) in [4.78, 5) is -0.00591. The Balaban J connectivity index is 1.76. The van der Waals surface area contributed by atoms with E-state index in [1.54, 1.807) is 6.92 Å². The van der Waals surface area contributed by atoms with Gasteiger partial charge in [-0.25, -0.2) is 16.8 Å². The van der Waals surface area contributed by atoms with E-state index in [0.29, 0.717) is 11.5 Å². The van der Waals surface area contributed by atoms with Crippen LogP contribution in [-0.4, -0.2) is 29.1 Å². The molecule has 0 atom stereocenters. The Morgan fingerprint density at radius 1 is 0.857 bits per heavy atom. The minimum Gasteiger partial charge on any atom is -0.497 e. The van der Waals surface area contributed by atoms with Gasteiger partial charge >= 0.3 is 0 Å². The van der Waals surface area contributed by atoms with Crippen LogP contribution in [0.3, 0.4) is 0 Å². The van der Waals surface area contributed by atoms with Crippen LogP contribution in [-0.2, 0) is 20.0 Å². The molecule has 0 radical (unpaired) electrons. The average molecular weight is 423 g/mol. The largest absolute Gasteiger partial charge is 0.497 e. The third-order valence-corrected chi connectivity index (χ3v) is 6.42. The van der Waals surface area contributed by atoms with Gasteiger partial charge in [-0.05, 0) is 55.5 Å². The van der Waals surface area contributed by atoms with Crippen LogP contribution in [0.4, 0.5) is 11.5 Å². The minimum absolute atomic E-state index is 0.0491. The Bertz CT molecular complexity index is 1170. The highest BCUT2D eigenvalue weighted by Crippen LogP contribution is 2.21. The van der Waals surface area contributed by atoms with E-state index in [2.05, 4.69) is 14.6 Å². The zero-order valence-corrected chi connectivity index (χ0v) is 16.5. The number of sulfonamides is 2. The molecule has 3 aromatic rings. The predicted octanol–water partition coefficient (Wildman–Crippen LogP) is 2.59. The van der Waals surface area contributed by atoms with Gasteiger partial charge in [0.1, 0.15) is 11.5 Å². The topological polar surface area (TPSA) is 128 Å². The second-order valence-corrected chi connectivity index (χ2v) is 9.10. The standard InChI is InChI=1S/C17H17N3O6S2/c1-12-11-17(18-26-12)20-28(23,24)15-7-3-13(4-8-15)19-27(21,22)16-9-5-14(25-2)6-10-16/h3-11,19H,1-2H3,(H,18,20). The van der Waals surface area contributed by atoms with E-state index < -0.39 is 20.0 Å². The molecule has 0 aliphatic rings. The molecule has 148 valence electrons. The van der Waals surface area contributed by atoms with Gasteiger partial charge in [0.25, 0.3) is 20.0 Å². The molecular weight excluding hydrogens is 406 g/mol. The molecule has 0 spiro atoms. The molecule has 9 nitrogen and oxygen atoms in total. The lowest BCUT2D eigenvalue weighted by Crippen LogP contribution is -2.14. The fraction of sp³-hybridized carbons (Fsp3) is 0.118. The molecular formula is C17H17N3O6S2. The van der Waals surface area contributed by atoms with E-state index in [4.69, 9.17) is 9.26 Å². The fourth-order valence-electron chi connectivity index (χ4n) is 2.28. The molecule has 0 bridgehead atoms. The SMILES string of the molecule is COc1ccc(S(=O)(=O)Nc2ccc(S(=O)(=O)Nc3cc(C)on3)cc2)cc1. The Hall–Kier alpha value is -3.05. The zero-order valence-electron chi connectivity index (χ0n) is 14.9. The third kappa shape index (κ3) is 4.43. The number of benzene rings is 2. The molecule has 2 aromatic carbocycles. The number of ether oxygens (including phenoxy) is 1. The number of nitrogens with one attached hydrogen (secondary N) is 2. The van der Waals surface area contributed by atoms with Crippen molar-refractivity contribution in [3.63, 3.8) is 0 Å². The molecule has 0 saturated carbocycles. The van der Waals surface area contributed by atoms with Crippen LogP contribution in [0.1, 0.15) is 5.76 Å². The number of aryl methyl sites for hydroxylation is 1. The number of methoxy groups -OCH3 is 1. The molecule has 3 rings (SSSR count). The van der Waals surface area contributed by atoms with Crippen molar-refractivity contribution in [2.24, 2.45) is 0 Å². The molecule has 0 unspecified atom stereocenters. The number of nitrogens with zero attached hydrogens (tertiary/aromatic N) is 1. The van der Waals surface area contributed by atoms with E-state index in [9.17, 15) is 16.8 Å².